The van der Waals surface area contributed by atoms with Crippen LogP contribution in [0.4, 0.5) is 0 Å². The van der Waals surface area contributed by atoms with Crippen LogP contribution in [0, 0.1) is 12.8 Å². The van der Waals surface area contributed by atoms with E-state index in [2.05, 4.69) is 29.2 Å². The van der Waals surface area contributed by atoms with Crippen LogP contribution in [0.2, 0.25) is 0 Å². The number of amides is 1. The predicted octanol–water partition coefficient (Wildman–Crippen LogP) is 1.83. The van der Waals surface area contributed by atoms with Crippen LogP contribution in [0.15, 0.2) is 10.6 Å². The number of aryl methyl sites for hydroxylation is 1. The Labute approximate surface area is 114 Å². The van der Waals surface area contributed by atoms with Crippen molar-refractivity contribution in [2.45, 2.75) is 39.7 Å². The molecule has 106 valence electrons. The first-order valence-electron chi connectivity index (χ1n) is 7.02. The van der Waals surface area contributed by atoms with E-state index in [0.29, 0.717) is 12.6 Å². The lowest BCUT2D eigenvalue weighted by Crippen LogP contribution is -2.46. The number of aromatic nitrogens is 1. The first kappa shape index (κ1) is 14.1. The fourth-order valence-electron chi connectivity index (χ4n) is 2.55. The van der Waals surface area contributed by atoms with Crippen molar-refractivity contribution in [3.63, 3.8) is 0 Å². The van der Waals surface area contributed by atoms with Crippen molar-refractivity contribution in [2.24, 2.45) is 5.92 Å². The van der Waals surface area contributed by atoms with E-state index in [1.54, 1.807) is 13.0 Å². The van der Waals surface area contributed by atoms with Crippen LogP contribution in [0.5, 0.6) is 0 Å². The fourth-order valence-corrected chi connectivity index (χ4v) is 2.55. The number of hydrogen-bond donors (Lipinski definition) is 1. The van der Waals surface area contributed by atoms with Crippen LogP contribution >= 0.6 is 0 Å². The maximum absolute atomic E-state index is 11.8. The highest BCUT2D eigenvalue weighted by atomic mass is 16.5. The molecule has 1 aliphatic heterocycles. The molecule has 0 saturated carbocycles. The number of nitrogens with one attached hydrogen (secondary N) is 1. The maximum Gasteiger partial charge on any atom is 0.289 e. The Morgan fingerprint density at radius 2 is 2.47 bits per heavy atom. The molecule has 1 saturated heterocycles. The number of carbonyl (C=O) groups is 1. The van der Waals surface area contributed by atoms with Crippen molar-refractivity contribution < 1.29 is 9.32 Å². The summed E-state index contributed by atoms with van der Waals surface area (Å²) in [5, 5.41) is 6.63. The van der Waals surface area contributed by atoms with Gasteiger partial charge in [0.15, 0.2) is 0 Å². The maximum atomic E-state index is 11.8. The van der Waals surface area contributed by atoms with Crippen molar-refractivity contribution >= 4 is 5.91 Å². The quantitative estimate of drug-likeness (QED) is 0.902. The molecule has 0 spiro atoms. The van der Waals surface area contributed by atoms with Crippen molar-refractivity contribution in [3.8, 4) is 0 Å². The largest absolute Gasteiger partial charge is 0.351 e. The van der Waals surface area contributed by atoms with Gasteiger partial charge in [-0.15, -0.1) is 0 Å². The van der Waals surface area contributed by atoms with E-state index in [1.165, 1.54) is 12.8 Å². The highest BCUT2D eigenvalue weighted by Gasteiger charge is 2.21. The van der Waals surface area contributed by atoms with Gasteiger partial charge in [-0.1, -0.05) is 12.1 Å². The molecule has 0 aliphatic carbocycles. The summed E-state index contributed by atoms with van der Waals surface area (Å²) in [6.45, 7) is 9.14. The zero-order valence-corrected chi connectivity index (χ0v) is 12.0. The molecular formula is C14H23N3O2. The summed E-state index contributed by atoms with van der Waals surface area (Å²) in [6.07, 6.45) is 2.56. The van der Waals surface area contributed by atoms with Gasteiger partial charge < -0.3 is 9.84 Å². The molecule has 1 N–H and O–H groups in total. The van der Waals surface area contributed by atoms with E-state index >= 15 is 0 Å². The SMILES string of the molecule is Cc1cc(C(=O)NCC(C)N2CCCC(C)C2)on1. The predicted molar refractivity (Wildman–Crippen MR) is 73.0 cm³/mol. The molecule has 1 aromatic rings. The van der Waals surface area contributed by atoms with Gasteiger partial charge in [0.25, 0.3) is 5.91 Å². The summed E-state index contributed by atoms with van der Waals surface area (Å²) in [4.78, 5) is 14.3. The average molecular weight is 265 g/mol. The van der Waals surface area contributed by atoms with Gasteiger partial charge in [-0.25, -0.2) is 0 Å². The molecule has 0 radical (unpaired) electrons. The first-order valence-corrected chi connectivity index (χ1v) is 7.02. The van der Waals surface area contributed by atoms with E-state index in [9.17, 15) is 4.79 Å². The second-order valence-corrected chi connectivity index (χ2v) is 5.63. The molecule has 0 aromatic carbocycles. The highest BCUT2D eigenvalue weighted by Crippen LogP contribution is 2.17. The number of hydrogen-bond acceptors (Lipinski definition) is 4. The van der Waals surface area contributed by atoms with Gasteiger partial charge in [0.1, 0.15) is 0 Å². The van der Waals surface area contributed by atoms with E-state index in [1.807, 2.05) is 0 Å². The zero-order chi connectivity index (χ0) is 13.8. The van der Waals surface area contributed by atoms with Gasteiger partial charge in [0.05, 0.1) is 5.69 Å². The molecule has 2 unspecified atom stereocenters. The normalized spacial score (nSPS) is 22.2. The Balaban J connectivity index is 1.79. The van der Waals surface area contributed by atoms with Crippen LogP contribution in [0.3, 0.4) is 0 Å². The minimum atomic E-state index is -0.183. The van der Waals surface area contributed by atoms with Gasteiger partial charge in [0.2, 0.25) is 5.76 Å². The Morgan fingerprint density at radius 3 is 3.11 bits per heavy atom. The van der Waals surface area contributed by atoms with Crippen LogP contribution in [-0.2, 0) is 0 Å². The second-order valence-electron chi connectivity index (χ2n) is 5.63. The smallest absolute Gasteiger partial charge is 0.289 e. The van der Waals surface area contributed by atoms with Gasteiger partial charge in [-0.05, 0) is 39.2 Å². The van der Waals surface area contributed by atoms with Crippen molar-refractivity contribution in [1.29, 1.82) is 0 Å². The third-order valence-electron chi connectivity index (χ3n) is 3.72. The lowest BCUT2D eigenvalue weighted by molar-refractivity contribution is 0.0882. The molecule has 19 heavy (non-hydrogen) atoms. The number of carbonyl (C=O) groups excluding carboxylic acids is 1. The molecule has 0 bridgehead atoms. The standard InChI is InChI=1S/C14H23N3O2/c1-10-5-4-6-17(9-10)12(3)8-15-14(18)13-7-11(2)16-19-13/h7,10,12H,4-6,8-9H2,1-3H3,(H,15,18). The lowest BCUT2D eigenvalue weighted by atomic mass is 9.99. The molecule has 5 heteroatoms. The molecule has 1 aromatic heterocycles. The zero-order valence-electron chi connectivity index (χ0n) is 12.0. The fraction of sp³-hybridized carbons (Fsp3) is 0.714. The molecule has 2 heterocycles. The van der Waals surface area contributed by atoms with Crippen molar-refractivity contribution in [3.05, 3.63) is 17.5 Å². The van der Waals surface area contributed by atoms with Crippen LogP contribution < -0.4 is 5.32 Å². The molecule has 1 fully saturated rings. The van der Waals surface area contributed by atoms with Gasteiger partial charge in [0, 0.05) is 25.2 Å². The third kappa shape index (κ3) is 3.80. The monoisotopic (exact) mass is 265 g/mol. The Kier molecular flexibility index (Phi) is 4.58. The van der Waals surface area contributed by atoms with Gasteiger partial charge >= 0.3 is 0 Å². The Hall–Kier alpha value is -1.36. The summed E-state index contributed by atoms with van der Waals surface area (Å²) < 4.78 is 4.95. The van der Waals surface area contributed by atoms with E-state index in [0.717, 1.165) is 24.7 Å². The second kappa shape index (κ2) is 6.19. The summed E-state index contributed by atoms with van der Waals surface area (Å²) >= 11 is 0. The van der Waals surface area contributed by atoms with E-state index < -0.39 is 0 Å². The number of likely N-dealkylation sites (tertiary alicyclic amines) is 1. The molecule has 2 rings (SSSR count). The van der Waals surface area contributed by atoms with E-state index in [4.69, 9.17) is 4.52 Å². The summed E-state index contributed by atoms with van der Waals surface area (Å²) in [5.41, 5.74) is 0.725. The number of nitrogens with zero attached hydrogens (tertiary/aromatic N) is 2. The Morgan fingerprint density at radius 1 is 1.68 bits per heavy atom. The summed E-state index contributed by atoms with van der Waals surface area (Å²) in [7, 11) is 0. The molecule has 1 aliphatic rings. The topological polar surface area (TPSA) is 58.4 Å². The van der Waals surface area contributed by atoms with Crippen molar-refractivity contribution in [2.75, 3.05) is 19.6 Å². The van der Waals surface area contributed by atoms with Crippen molar-refractivity contribution in [1.82, 2.24) is 15.4 Å². The number of piperidine rings is 1. The number of rotatable bonds is 4. The first-order chi connectivity index (χ1) is 9.06. The molecular weight excluding hydrogens is 242 g/mol. The molecule has 5 nitrogen and oxygen atoms in total. The minimum Gasteiger partial charge on any atom is -0.351 e. The molecule has 2 atom stereocenters. The summed E-state index contributed by atoms with van der Waals surface area (Å²) in [6, 6.07) is 2.01. The van der Waals surface area contributed by atoms with Crippen LogP contribution in [0.1, 0.15) is 42.9 Å². The minimum absolute atomic E-state index is 0.183. The molecule has 1 amide bonds. The van der Waals surface area contributed by atoms with E-state index in [-0.39, 0.29) is 11.7 Å². The lowest BCUT2D eigenvalue weighted by Gasteiger charge is -2.35. The van der Waals surface area contributed by atoms with Crippen LogP contribution in [-0.4, -0.2) is 41.6 Å². The van der Waals surface area contributed by atoms with Crippen LogP contribution in [0.25, 0.3) is 0 Å². The van der Waals surface area contributed by atoms with Gasteiger partial charge in [-0.2, -0.15) is 0 Å². The van der Waals surface area contributed by atoms with Gasteiger partial charge in [-0.3, -0.25) is 9.69 Å². The summed E-state index contributed by atoms with van der Waals surface area (Å²) in [5.74, 6) is 0.859. The average Bonchev–Trinajstić information content (AvgIpc) is 2.82. The third-order valence-corrected chi connectivity index (χ3v) is 3.72. The Bertz CT molecular complexity index is 430. The highest BCUT2D eigenvalue weighted by molar-refractivity contribution is 5.91.